The van der Waals surface area contributed by atoms with Crippen LogP contribution in [0.15, 0.2) is 79.0 Å². The van der Waals surface area contributed by atoms with Crippen LogP contribution in [-0.4, -0.2) is 227 Å². The van der Waals surface area contributed by atoms with Crippen LogP contribution in [0.4, 0.5) is 10.5 Å². The first kappa shape index (κ1) is 94.3. The molecule has 35 nitrogen and oxygen atoms in total. The number of Topliss-reactive ketones (excluding diaryl/α,β-unsaturated/α-hetero) is 2. The average Bonchev–Trinajstić information content (AvgIpc) is 1.42. The molecular weight excluding hydrogens is 1480 g/mol. The number of primary amides is 1. The number of hydrogen-bond acceptors (Lipinski definition) is 23. The first-order valence-electron chi connectivity index (χ1n) is 36.9. The smallest absolute Gasteiger partial charge is 0.459 e. The van der Waals surface area contributed by atoms with E-state index in [0.717, 1.165) is 45.7 Å². The van der Waals surface area contributed by atoms with Crippen LogP contribution >= 0.6 is 7.82 Å². The summed E-state index contributed by atoms with van der Waals surface area (Å²) in [6, 6.07) is 3.31. The van der Waals surface area contributed by atoms with Crippen LogP contribution in [0, 0.1) is 35.5 Å². The highest BCUT2D eigenvalue weighted by Crippen LogP contribution is 2.48. The van der Waals surface area contributed by atoms with Gasteiger partial charge in [-0.05, 0) is 80.5 Å². The van der Waals surface area contributed by atoms with E-state index in [1.807, 2.05) is 0 Å². The predicted molar refractivity (Wildman–Crippen MR) is 404 cm³/mol. The second-order valence-electron chi connectivity index (χ2n) is 29.0. The van der Waals surface area contributed by atoms with Gasteiger partial charge in [-0.25, -0.2) is 18.9 Å². The lowest BCUT2D eigenvalue weighted by molar-refractivity contribution is -0.177. The SMILES string of the molecule is C=C1C(=O)N[C@@H](C)C(=O)N(C)[C@@H](C)C(=O)N[C@@H]([C@H](OC(=O)[C@@H](CC(=O)CC)[C@H](OP(=O)(O)OCc2ccc(NC(=O)[C@H](CCCNC(N)=O)CC(=O)[C@@H](NC(=O)CCN3C(=O)C=CC3=O)C(C)C)cc2)C(C)C)C(C)C)C(=O)N(C)[C@@H]([C@@H](C)OC)C(=O)O[C@H](C(C)C)[C@H](NC(C)=O)C(=O)O[C@H](Cc2ccccc2)C(=O)N1C. The van der Waals surface area contributed by atoms with Gasteiger partial charge in [0.05, 0.1) is 30.8 Å². The lowest BCUT2D eigenvalue weighted by Crippen LogP contribution is -2.63. The fourth-order valence-electron chi connectivity index (χ4n) is 12.2. The molecule has 36 heteroatoms. The summed E-state index contributed by atoms with van der Waals surface area (Å²) in [4.78, 5) is 236. The maximum absolute atomic E-state index is 15.7. The van der Waals surface area contributed by atoms with Crippen molar-refractivity contribution in [2.24, 2.45) is 41.2 Å². The fraction of sp³-hybridized carbons (Fsp3) is 0.579. The lowest BCUT2D eigenvalue weighted by atomic mass is 9.88. The average molecular weight is 1590 g/mol. The van der Waals surface area contributed by atoms with Crippen molar-refractivity contribution in [1.82, 2.24) is 46.2 Å². The van der Waals surface area contributed by atoms with Crippen molar-refractivity contribution in [2.75, 3.05) is 46.7 Å². The molecule has 112 heavy (non-hydrogen) atoms. The van der Waals surface area contributed by atoms with Gasteiger partial charge in [0.15, 0.2) is 24.0 Å². The number of ketones is 2. The zero-order valence-electron chi connectivity index (χ0n) is 66.6. The Balaban J connectivity index is 1.72. The molecule has 1 fully saturated rings. The number of phosphoric ester groups is 1. The fourth-order valence-corrected chi connectivity index (χ4v) is 13.3. The van der Waals surface area contributed by atoms with E-state index in [0.29, 0.717) is 5.56 Å². The zero-order valence-corrected chi connectivity index (χ0v) is 67.5. The zero-order chi connectivity index (χ0) is 84.5. The minimum atomic E-state index is -5.30. The van der Waals surface area contributed by atoms with Gasteiger partial charge in [-0.1, -0.05) is 111 Å². The largest absolute Gasteiger partial charge is 0.472 e. The number of cyclic esters (lactones) is 2. The molecule has 9 N–H and O–H groups in total. The molecule has 1 saturated heterocycles. The number of nitrogens with one attached hydrogen (secondary N) is 6. The molecule has 0 radical (unpaired) electrons. The third-order valence-corrected chi connectivity index (χ3v) is 20.0. The molecule has 0 aromatic heterocycles. The van der Waals surface area contributed by atoms with E-state index < -0.39 is 223 Å². The van der Waals surface area contributed by atoms with E-state index in [1.54, 1.807) is 44.2 Å². The van der Waals surface area contributed by atoms with Gasteiger partial charge in [-0.15, -0.1) is 0 Å². The molecule has 2 aliphatic heterocycles. The molecule has 2 aromatic carbocycles. The Morgan fingerprint density at radius 2 is 1.38 bits per heavy atom. The molecule has 0 aliphatic carbocycles. The number of urea groups is 1. The number of nitrogens with two attached hydrogens (primary N) is 1. The van der Waals surface area contributed by atoms with Gasteiger partial charge < -0.3 is 76.2 Å². The quantitative estimate of drug-likeness (QED) is 0.0124. The summed E-state index contributed by atoms with van der Waals surface area (Å²) in [5.74, 6) is -19.4. The number of esters is 3. The normalized spacial score (nSPS) is 21.6. The minimum Gasteiger partial charge on any atom is -0.459 e. The summed E-state index contributed by atoms with van der Waals surface area (Å²) in [7, 11) is -0.613. The monoisotopic (exact) mass is 1590 g/mol. The number of methoxy groups -OCH3 is 1. The number of rotatable bonds is 34. The van der Waals surface area contributed by atoms with Crippen LogP contribution in [0.3, 0.4) is 0 Å². The molecule has 2 heterocycles. The number of amides is 12. The highest BCUT2D eigenvalue weighted by Gasteiger charge is 2.48. The van der Waals surface area contributed by atoms with Gasteiger partial charge >= 0.3 is 31.8 Å². The number of ether oxygens (including phenoxy) is 4. The number of carbonyl (C=O) groups excluding carboxylic acids is 16. The second kappa shape index (κ2) is 43.6. The molecule has 0 saturated carbocycles. The van der Waals surface area contributed by atoms with Crippen LogP contribution in [0.2, 0.25) is 0 Å². The lowest BCUT2D eigenvalue weighted by Gasteiger charge is -2.39. The van der Waals surface area contributed by atoms with Crippen LogP contribution in [0.5, 0.6) is 0 Å². The third-order valence-electron chi connectivity index (χ3n) is 19.0. The van der Waals surface area contributed by atoms with Crippen molar-refractivity contribution in [2.45, 2.75) is 208 Å². The van der Waals surface area contributed by atoms with E-state index in [-0.39, 0.29) is 62.9 Å². The molecule has 0 spiro atoms. The summed E-state index contributed by atoms with van der Waals surface area (Å²) in [6.07, 6.45) is -7.60. The van der Waals surface area contributed by atoms with Gasteiger partial charge in [0.2, 0.25) is 35.4 Å². The van der Waals surface area contributed by atoms with E-state index in [9.17, 15) is 71.8 Å². The summed E-state index contributed by atoms with van der Waals surface area (Å²) in [5, 5.41) is 15.3. The summed E-state index contributed by atoms with van der Waals surface area (Å²) >= 11 is 0. The standard InChI is InChI=1S/C76H110N11O24P/c1-19-53(89)38-54(64(41(4)5)111-112(104,105)107-39-50-27-29-52(30-28-50)81-69(96)51(26-23-34-78-76(77)103)37-55(90)60(40(2)3)82-57(91)33-35-87-58(92)31-32-59(87)93)73(100)109-65(42(6)7)61-72(99)86(17)63(47(13)106-18)75(102)110-66(43(8)9)62(80-48(14)88)74(101)108-56(36-49-24-21-20-22-25-49)71(98)85(16)45(11)67(94)79-44(10)70(97)84(15)46(12)68(95)83-61/h20-22,24-25,27-32,40-44,46-47,51,54,56,60-66H,11,19,23,26,33-39H2,1-10,12-18H3,(H,79,94)(H,80,88)(H,81,96)(H,82,91)(H,83,95)(H,104,105)(H3,77,78,103)/t44-,46-,47+,51+,54-,56+,60-,61-,62-,63-,64+,65+,66+/m0/s1. The molecule has 0 bridgehead atoms. The Bertz CT molecular complexity index is 3820. The highest BCUT2D eigenvalue weighted by atomic mass is 31.2. The van der Waals surface area contributed by atoms with Crippen LogP contribution in [-0.2, 0) is 118 Å². The van der Waals surface area contributed by atoms with Crippen molar-refractivity contribution in [3.8, 4) is 0 Å². The Morgan fingerprint density at radius 3 is 1.92 bits per heavy atom. The number of benzene rings is 2. The number of nitrogens with zero attached hydrogens (tertiary/aromatic N) is 4. The molecule has 1 unspecified atom stereocenters. The van der Waals surface area contributed by atoms with Gasteiger partial charge in [-0.3, -0.25) is 76.3 Å². The Kier molecular flexibility index (Phi) is 36.7. The van der Waals surface area contributed by atoms with Gasteiger partial charge in [0.1, 0.15) is 41.8 Å². The molecule has 2 aliphatic rings. The van der Waals surface area contributed by atoms with Crippen LogP contribution < -0.4 is 37.6 Å². The first-order valence-corrected chi connectivity index (χ1v) is 38.4. The molecule has 4 rings (SSSR count). The van der Waals surface area contributed by atoms with Crippen LogP contribution in [0.25, 0.3) is 0 Å². The number of likely N-dealkylation sites (N-methyl/N-ethyl adjacent to an activating group) is 3. The predicted octanol–water partition coefficient (Wildman–Crippen LogP) is 3.23. The molecule has 14 atom stereocenters. The van der Waals surface area contributed by atoms with E-state index in [2.05, 4.69) is 38.5 Å². The first-order chi connectivity index (χ1) is 52.4. The third kappa shape index (κ3) is 27.7. The van der Waals surface area contributed by atoms with Gasteiger partial charge in [0, 0.05) is 104 Å². The summed E-state index contributed by atoms with van der Waals surface area (Å²) in [6.45, 7) is 21.8. The van der Waals surface area contributed by atoms with E-state index in [4.69, 9.17) is 33.7 Å². The number of phosphoric acid groups is 1. The van der Waals surface area contributed by atoms with E-state index in [1.165, 1.54) is 115 Å². The van der Waals surface area contributed by atoms with Crippen molar-refractivity contribution in [1.29, 1.82) is 0 Å². The number of imide groups is 1. The topological polar surface area (TPSA) is 477 Å². The second-order valence-corrected chi connectivity index (χ2v) is 30.4. The van der Waals surface area contributed by atoms with Crippen molar-refractivity contribution < 1.29 is 114 Å². The molecule has 12 amide bonds. The molecular formula is C76H110N11O24P. The Morgan fingerprint density at radius 1 is 0.759 bits per heavy atom. The maximum atomic E-state index is 15.7. The highest BCUT2D eigenvalue weighted by molar-refractivity contribution is 7.47. The van der Waals surface area contributed by atoms with Crippen molar-refractivity contribution >= 4 is 108 Å². The number of carbonyl (C=O) groups is 16. The van der Waals surface area contributed by atoms with E-state index >= 15 is 14.4 Å². The number of anilines is 1. The van der Waals surface area contributed by atoms with Crippen molar-refractivity contribution in [3.05, 3.63) is 90.2 Å². The molecule has 2 aromatic rings. The number of hydrogen-bond donors (Lipinski definition) is 8. The minimum absolute atomic E-state index is 0.0541. The van der Waals surface area contributed by atoms with Gasteiger partial charge in [0.25, 0.3) is 23.6 Å². The Hall–Kier alpha value is -10.1. The maximum Gasteiger partial charge on any atom is 0.472 e. The van der Waals surface area contributed by atoms with Gasteiger partial charge in [-0.2, -0.15) is 0 Å². The van der Waals surface area contributed by atoms with Crippen LogP contribution in [0.1, 0.15) is 140 Å². The summed E-state index contributed by atoms with van der Waals surface area (Å²) in [5.41, 5.74) is 5.63. The molecule has 618 valence electrons. The summed E-state index contributed by atoms with van der Waals surface area (Å²) < 4.78 is 49.4. The Labute approximate surface area is 652 Å². The van der Waals surface area contributed by atoms with Crippen molar-refractivity contribution in [3.63, 3.8) is 0 Å².